The van der Waals surface area contributed by atoms with E-state index in [0.717, 1.165) is 4.47 Å². The molecule has 0 atom stereocenters. The van der Waals surface area contributed by atoms with Gasteiger partial charge in [0, 0.05) is 4.47 Å². The van der Waals surface area contributed by atoms with E-state index in [1.807, 2.05) is 0 Å². The zero-order valence-electron chi connectivity index (χ0n) is 11.3. The first-order valence-electron chi connectivity index (χ1n) is 6.78. The molecule has 3 heteroatoms. The number of hydrogen-bond acceptors (Lipinski definition) is 0. The van der Waals surface area contributed by atoms with E-state index in [4.69, 9.17) is 0 Å². The van der Waals surface area contributed by atoms with Crippen LogP contribution in [0.15, 0.2) is 89.4 Å². The van der Waals surface area contributed by atoms with Gasteiger partial charge in [0.05, 0.1) is 0 Å². The van der Waals surface area contributed by atoms with E-state index in [-0.39, 0.29) is 0 Å². The van der Waals surface area contributed by atoms with Crippen molar-refractivity contribution in [3.63, 3.8) is 0 Å². The predicted molar refractivity (Wildman–Crippen MR) is 101 cm³/mol. The summed E-state index contributed by atoms with van der Waals surface area (Å²) in [6, 6.07) is 29.9. The third kappa shape index (κ3) is 2.78. The molecule has 104 valence electrons. The molecule has 0 saturated carbocycles. The Kier molecular flexibility index (Phi) is 4.43. The van der Waals surface area contributed by atoms with Gasteiger partial charge in [-0.15, -0.1) is 15.3 Å². The summed E-state index contributed by atoms with van der Waals surface area (Å²) >= 11 is 7.90. The Hall–Kier alpha value is -1.16. The fourth-order valence-electron chi connectivity index (χ4n) is 2.55. The van der Waals surface area contributed by atoms with Gasteiger partial charge in [-0.1, -0.05) is 94.8 Å². The van der Waals surface area contributed by atoms with Gasteiger partial charge in [-0.3, -0.25) is 0 Å². The minimum atomic E-state index is -2.16. The van der Waals surface area contributed by atoms with Crippen molar-refractivity contribution >= 4 is 53.5 Å². The van der Waals surface area contributed by atoms with Gasteiger partial charge in [0.25, 0.3) is 0 Å². The second-order valence-corrected chi connectivity index (χ2v) is 12.3. The van der Waals surface area contributed by atoms with E-state index in [0.29, 0.717) is 0 Å². The number of rotatable bonds is 3. The molecular weight excluding hydrogens is 404 g/mol. The summed E-state index contributed by atoms with van der Waals surface area (Å²) in [5.74, 6) is 0. The van der Waals surface area contributed by atoms with Crippen molar-refractivity contribution in [1.29, 1.82) is 0 Å². The van der Waals surface area contributed by atoms with Gasteiger partial charge in [-0.05, 0) is 21.6 Å². The van der Waals surface area contributed by atoms with Crippen molar-refractivity contribution in [2.24, 2.45) is 0 Å². The molecule has 0 saturated heterocycles. The van der Waals surface area contributed by atoms with Crippen molar-refractivity contribution in [3.05, 3.63) is 89.4 Å². The highest BCUT2D eigenvalue weighted by atomic mass is 79.9. The van der Waals surface area contributed by atoms with Gasteiger partial charge < -0.3 is 0 Å². The number of benzene rings is 3. The van der Waals surface area contributed by atoms with Crippen LogP contribution < -0.4 is 15.6 Å². The van der Waals surface area contributed by atoms with Crippen LogP contribution >= 0.6 is 31.2 Å². The maximum absolute atomic E-state index is 4.17. The van der Waals surface area contributed by atoms with E-state index in [1.54, 1.807) is 0 Å². The fraction of sp³-hybridized carbons (Fsp3) is 0. The second-order valence-electron chi connectivity index (χ2n) is 4.87. The van der Waals surface area contributed by atoms with Crippen LogP contribution in [0.1, 0.15) is 0 Å². The first-order valence-corrected chi connectivity index (χ1v) is 11.8. The van der Waals surface area contributed by atoms with Gasteiger partial charge in [0.2, 0.25) is 6.69 Å². The van der Waals surface area contributed by atoms with Crippen molar-refractivity contribution in [2.75, 3.05) is 0 Å². The van der Waals surface area contributed by atoms with E-state index < -0.39 is 6.69 Å². The highest BCUT2D eigenvalue weighted by Crippen LogP contribution is 2.19. The zero-order valence-corrected chi connectivity index (χ0v) is 15.5. The summed E-state index contributed by atoms with van der Waals surface area (Å²) in [7, 11) is 0. The van der Waals surface area contributed by atoms with Crippen molar-refractivity contribution < 1.29 is 0 Å². The largest absolute Gasteiger partial charge is 0.222 e. The molecule has 0 spiro atoms. The average Bonchev–Trinajstić information content (AvgIpc) is 2.56. The minimum Gasteiger partial charge on any atom is -0.108 e. The first kappa shape index (κ1) is 14.8. The molecule has 0 unspecified atom stereocenters. The van der Waals surface area contributed by atoms with E-state index in [1.165, 1.54) is 15.6 Å². The third-order valence-electron chi connectivity index (χ3n) is 3.59. The second kappa shape index (κ2) is 6.30. The summed E-state index contributed by atoms with van der Waals surface area (Å²) in [5, 5.41) is 4.04. The van der Waals surface area contributed by atoms with Crippen LogP contribution in [0.25, 0.3) is 0 Å². The summed E-state index contributed by atoms with van der Waals surface area (Å²) in [4.78, 5) is 0. The van der Waals surface area contributed by atoms with Crippen LogP contribution in [0.3, 0.4) is 0 Å². The number of halogens is 2. The van der Waals surface area contributed by atoms with Crippen LogP contribution in [0.4, 0.5) is 0 Å². The molecule has 0 amide bonds. The van der Waals surface area contributed by atoms with Crippen LogP contribution in [-0.4, -0.2) is 6.69 Å². The molecular formula is C18H14Br2Si. The normalized spacial score (nSPS) is 11.3. The van der Waals surface area contributed by atoms with Gasteiger partial charge in [-0.2, -0.15) is 0 Å². The Balaban J connectivity index is 2.29. The van der Waals surface area contributed by atoms with Crippen LogP contribution in [0.5, 0.6) is 0 Å². The van der Waals surface area contributed by atoms with Crippen LogP contribution in [0.2, 0.25) is 0 Å². The minimum absolute atomic E-state index is 1.15. The zero-order chi connectivity index (χ0) is 14.7. The highest BCUT2D eigenvalue weighted by molar-refractivity contribution is 9.27. The molecule has 0 radical (unpaired) electrons. The SMILES string of the molecule is Brc1ccccc1[Si](Br)(c1ccccc1)c1ccccc1. The summed E-state index contributed by atoms with van der Waals surface area (Å²) in [6.07, 6.45) is 0. The molecule has 3 aromatic carbocycles. The highest BCUT2D eigenvalue weighted by Gasteiger charge is 2.38. The van der Waals surface area contributed by atoms with Crippen molar-refractivity contribution in [1.82, 2.24) is 0 Å². The van der Waals surface area contributed by atoms with Crippen molar-refractivity contribution in [3.8, 4) is 0 Å². The predicted octanol–water partition coefficient (Wildman–Crippen LogP) is 3.81. The molecule has 0 aromatic heterocycles. The van der Waals surface area contributed by atoms with E-state index in [2.05, 4.69) is 116 Å². The Bertz CT molecular complexity index is 687. The van der Waals surface area contributed by atoms with Crippen LogP contribution in [0, 0.1) is 0 Å². The maximum Gasteiger partial charge on any atom is 0.222 e. The van der Waals surface area contributed by atoms with E-state index >= 15 is 0 Å². The van der Waals surface area contributed by atoms with Gasteiger partial charge >= 0.3 is 0 Å². The Morgan fingerprint density at radius 1 is 0.571 bits per heavy atom. The maximum atomic E-state index is 4.17. The molecule has 0 nitrogen and oxygen atoms in total. The van der Waals surface area contributed by atoms with E-state index in [9.17, 15) is 0 Å². The molecule has 0 aliphatic heterocycles. The Morgan fingerprint density at radius 2 is 1.00 bits per heavy atom. The Morgan fingerprint density at radius 3 is 1.48 bits per heavy atom. The van der Waals surface area contributed by atoms with Gasteiger partial charge in [0.15, 0.2) is 0 Å². The lowest BCUT2D eigenvalue weighted by Gasteiger charge is -2.28. The molecule has 3 aromatic rings. The van der Waals surface area contributed by atoms with Crippen LogP contribution in [-0.2, 0) is 0 Å². The average molecular weight is 418 g/mol. The molecule has 0 aliphatic rings. The standard InChI is InChI=1S/C18H14Br2Si/c19-17-13-7-8-14-18(17)21(20,15-9-3-1-4-10-15)16-11-5-2-6-12-16/h1-14H. The molecule has 0 fully saturated rings. The lowest BCUT2D eigenvalue weighted by atomic mass is 10.3. The molecule has 0 N–H and O–H groups in total. The van der Waals surface area contributed by atoms with Gasteiger partial charge in [0.1, 0.15) is 0 Å². The monoisotopic (exact) mass is 416 g/mol. The summed E-state index contributed by atoms with van der Waals surface area (Å²) in [5.41, 5.74) is 0. The quantitative estimate of drug-likeness (QED) is 0.345. The lowest BCUT2D eigenvalue weighted by Crippen LogP contribution is -2.62. The first-order chi connectivity index (χ1) is 10.2. The van der Waals surface area contributed by atoms with Crippen molar-refractivity contribution in [2.45, 2.75) is 0 Å². The molecule has 21 heavy (non-hydrogen) atoms. The smallest absolute Gasteiger partial charge is 0.108 e. The topological polar surface area (TPSA) is 0 Å². The molecule has 3 rings (SSSR count). The third-order valence-corrected chi connectivity index (χ3v) is 12.1. The Labute approximate surface area is 142 Å². The van der Waals surface area contributed by atoms with Gasteiger partial charge in [-0.25, -0.2) is 0 Å². The molecule has 0 heterocycles. The summed E-state index contributed by atoms with van der Waals surface area (Å²) in [6.45, 7) is -2.16. The molecule has 0 bridgehead atoms. The lowest BCUT2D eigenvalue weighted by molar-refractivity contribution is 1.68. The molecule has 0 aliphatic carbocycles. The fourth-order valence-corrected chi connectivity index (χ4v) is 10.1. The number of hydrogen-bond donors (Lipinski definition) is 0. The summed E-state index contributed by atoms with van der Waals surface area (Å²) < 4.78 is 1.15.